The zero-order valence-electron chi connectivity index (χ0n) is 8.07. The van der Waals surface area contributed by atoms with E-state index in [-0.39, 0.29) is 6.61 Å². The van der Waals surface area contributed by atoms with E-state index >= 15 is 0 Å². The van der Waals surface area contributed by atoms with Gasteiger partial charge in [0.05, 0.1) is 0 Å². The van der Waals surface area contributed by atoms with Gasteiger partial charge in [0.15, 0.2) is 5.82 Å². The lowest BCUT2D eigenvalue weighted by molar-refractivity contribution is 0.278. The van der Waals surface area contributed by atoms with Crippen molar-refractivity contribution in [1.82, 2.24) is 15.5 Å². The molecule has 2 rings (SSSR count). The molecule has 0 radical (unpaired) electrons. The first-order chi connectivity index (χ1) is 6.90. The lowest BCUT2D eigenvalue weighted by Crippen LogP contribution is -2.08. The van der Waals surface area contributed by atoms with Crippen LogP contribution >= 0.6 is 0 Å². The fourth-order valence-electron chi connectivity index (χ4n) is 1.64. The minimum atomic E-state index is 0.169. The first-order valence-electron chi connectivity index (χ1n) is 5.04. The van der Waals surface area contributed by atoms with Crippen LogP contribution in [0.5, 0.6) is 0 Å². The molecule has 78 valence electrons. The summed E-state index contributed by atoms with van der Waals surface area (Å²) >= 11 is 0. The molecule has 1 fully saturated rings. The van der Waals surface area contributed by atoms with Crippen molar-refractivity contribution in [3.8, 4) is 0 Å². The Labute approximate surface area is 82.5 Å². The summed E-state index contributed by atoms with van der Waals surface area (Å²) in [6.45, 7) is 2.15. The third kappa shape index (κ3) is 2.10. The lowest BCUT2D eigenvalue weighted by atomic mass is 10.1. The lowest BCUT2D eigenvalue weighted by Gasteiger charge is -1.98. The number of nitrogens with zero attached hydrogens (tertiary/aromatic N) is 2. The molecule has 1 unspecified atom stereocenters. The summed E-state index contributed by atoms with van der Waals surface area (Å²) in [5, 5.41) is 15.9. The van der Waals surface area contributed by atoms with Crippen LogP contribution in [-0.2, 0) is 6.42 Å². The molecule has 0 saturated carbocycles. The molecule has 1 aliphatic rings. The van der Waals surface area contributed by atoms with Crippen LogP contribution in [0.4, 0.5) is 0 Å². The van der Waals surface area contributed by atoms with Gasteiger partial charge in [-0.05, 0) is 19.4 Å². The number of aliphatic hydroxyl groups excluding tert-OH is 1. The number of hydrogen-bond acceptors (Lipinski definition) is 5. The Morgan fingerprint density at radius 2 is 2.50 bits per heavy atom. The van der Waals surface area contributed by atoms with Gasteiger partial charge in [0, 0.05) is 25.5 Å². The van der Waals surface area contributed by atoms with Crippen molar-refractivity contribution in [2.24, 2.45) is 0 Å². The Balaban J connectivity index is 1.94. The number of aryl methyl sites for hydroxylation is 1. The number of aliphatic hydroxyl groups is 1. The summed E-state index contributed by atoms with van der Waals surface area (Å²) in [5.74, 6) is 1.85. The third-order valence-electron chi connectivity index (χ3n) is 2.46. The van der Waals surface area contributed by atoms with Gasteiger partial charge in [0.1, 0.15) is 0 Å². The summed E-state index contributed by atoms with van der Waals surface area (Å²) in [5.41, 5.74) is 0. The summed E-state index contributed by atoms with van der Waals surface area (Å²) in [4.78, 5) is 4.30. The van der Waals surface area contributed by atoms with Gasteiger partial charge in [-0.2, -0.15) is 4.98 Å². The third-order valence-corrected chi connectivity index (χ3v) is 2.46. The van der Waals surface area contributed by atoms with E-state index in [1.54, 1.807) is 0 Å². The maximum atomic E-state index is 8.65. The zero-order valence-corrected chi connectivity index (χ0v) is 8.07. The van der Waals surface area contributed by atoms with Crippen LogP contribution < -0.4 is 5.32 Å². The van der Waals surface area contributed by atoms with E-state index in [2.05, 4.69) is 15.5 Å². The molecule has 14 heavy (non-hydrogen) atoms. The van der Waals surface area contributed by atoms with Gasteiger partial charge in [-0.1, -0.05) is 5.16 Å². The van der Waals surface area contributed by atoms with Crippen molar-refractivity contribution >= 4 is 0 Å². The molecule has 0 bridgehead atoms. The van der Waals surface area contributed by atoms with Crippen LogP contribution in [0.25, 0.3) is 0 Å². The fourth-order valence-corrected chi connectivity index (χ4v) is 1.64. The van der Waals surface area contributed by atoms with Crippen molar-refractivity contribution in [1.29, 1.82) is 0 Å². The van der Waals surface area contributed by atoms with Crippen LogP contribution in [0.3, 0.4) is 0 Å². The molecule has 1 aromatic heterocycles. The van der Waals surface area contributed by atoms with Crippen molar-refractivity contribution in [3.05, 3.63) is 11.7 Å². The van der Waals surface area contributed by atoms with Gasteiger partial charge in [0.25, 0.3) is 0 Å². The molecule has 5 nitrogen and oxygen atoms in total. The Morgan fingerprint density at radius 3 is 3.21 bits per heavy atom. The molecule has 0 aliphatic carbocycles. The van der Waals surface area contributed by atoms with Crippen LogP contribution in [0.15, 0.2) is 4.52 Å². The Hall–Kier alpha value is -0.940. The van der Waals surface area contributed by atoms with Gasteiger partial charge < -0.3 is 14.9 Å². The van der Waals surface area contributed by atoms with E-state index < -0.39 is 0 Å². The zero-order chi connectivity index (χ0) is 9.80. The van der Waals surface area contributed by atoms with Crippen molar-refractivity contribution in [2.45, 2.75) is 25.2 Å². The fraction of sp³-hybridized carbons (Fsp3) is 0.778. The van der Waals surface area contributed by atoms with Gasteiger partial charge >= 0.3 is 0 Å². The predicted molar refractivity (Wildman–Crippen MR) is 49.9 cm³/mol. The largest absolute Gasteiger partial charge is 0.396 e. The first kappa shape index (κ1) is 9.61. The summed E-state index contributed by atoms with van der Waals surface area (Å²) in [6.07, 6.45) is 2.44. The standard InChI is InChI=1S/C9H15N3O2/c13-5-1-2-8-11-9(12-14-8)7-3-4-10-6-7/h7,10,13H,1-6H2. The highest BCUT2D eigenvalue weighted by Gasteiger charge is 2.21. The highest BCUT2D eigenvalue weighted by molar-refractivity contribution is 4.99. The summed E-state index contributed by atoms with van der Waals surface area (Å²) in [7, 11) is 0. The monoisotopic (exact) mass is 197 g/mol. The topological polar surface area (TPSA) is 71.2 Å². The Bertz CT molecular complexity index is 281. The van der Waals surface area contributed by atoms with E-state index in [0.717, 1.165) is 25.3 Å². The number of aromatic nitrogens is 2. The molecular formula is C9H15N3O2. The van der Waals surface area contributed by atoms with E-state index in [1.807, 2.05) is 0 Å². The SMILES string of the molecule is OCCCc1nc(C2CCNC2)no1. The first-order valence-corrected chi connectivity index (χ1v) is 5.04. The molecule has 5 heteroatoms. The number of nitrogens with one attached hydrogen (secondary N) is 1. The van der Waals surface area contributed by atoms with Crippen molar-refractivity contribution < 1.29 is 9.63 Å². The van der Waals surface area contributed by atoms with Gasteiger partial charge in [-0.3, -0.25) is 0 Å². The Morgan fingerprint density at radius 1 is 1.57 bits per heavy atom. The average Bonchev–Trinajstić information content (AvgIpc) is 2.85. The van der Waals surface area contributed by atoms with Gasteiger partial charge in [-0.15, -0.1) is 0 Å². The molecule has 2 heterocycles. The van der Waals surface area contributed by atoms with Crippen LogP contribution in [0.1, 0.15) is 30.5 Å². The predicted octanol–water partition coefficient (Wildman–Crippen LogP) is 0.0714. The second-order valence-corrected chi connectivity index (χ2v) is 3.56. The maximum absolute atomic E-state index is 8.65. The molecule has 1 atom stereocenters. The minimum Gasteiger partial charge on any atom is -0.396 e. The second-order valence-electron chi connectivity index (χ2n) is 3.56. The number of rotatable bonds is 4. The van der Waals surface area contributed by atoms with E-state index in [0.29, 0.717) is 24.7 Å². The van der Waals surface area contributed by atoms with E-state index in [1.165, 1.54) is 0 Å². The van der Waals surface area contributed by atoms with E-state index in [4.69, 9.17) is 9.63 Å². The molecule has 0 amide bonds. The van der Waals surface area contributed by atoms with Crippen LogP contribution in [0.2, 0.25) is 0 Å². The highest BCUT2D eigenvalue weighted by Crippen LogP contribution is 2.19. The summed E-state index contributed by atoms with van der Waals surface area (Å²) < 4.78 is 5.08. The molecule has 0 aromatic carbocycles. The molecule has 0 spiro atoms. The second kappa shape index (κ2) is 4.52. The summed E-state index contributed by atoms with van der Waals surface area (Å²) in [6, 6.07) is 0. The van der Waals surface area contributed by atoms with Gasteiger partial charge in [0.2, 0.25) is 5.89 Å². The quantitative estimate of drug-likeness (QED) is 0.714. The maximum Gasteiger partial charge on any atom is 0.226 e. The normalized spacial score (nSPS) is 21.6. The molecule has 1 aromatic rings. The van der Waals surface area contributed by atoms with Crippen LogP contribution in [-0.4, -0.2) is 34.9 Å². The van der Waals surface area contributed by atoms with Gasteiger partial charge in [-0.25, -0.2) is 0 Å². The highest BCUT2D eigenvalue weighted by atomic mass is 16.5. The minimum absolute atomic E-state index is 0.169. The van der Waals surface area contributed by atoms with E-state index in [9.17, 15) is 0 Å². The van der Waals surface area contributed by atoms with Crippen molar-refractivity contribution in [3.63, 3.8) is 0 Å². The molecule has 2 N–H and O–H groups in total. The van der Waals surface area contributed by atoms with Crippen molar-refractivity contribution in [2.75, 3.05) is 19.7 Å². The average molecular weight is 197 g/mol. The molecular weight excluding hydrogens is 182 g/mol. The van der Waals surface area contributed by atoms with Crippen LogP contribution in [0, 0.1) is 0 Å². The smallest absolute Gasteiger partial charge is 0.226 e. The number of hydrogen-bond donors (Lipinski definition) is 2. The molecule has 1 saturated heterocycles. The molecule has 1 aliphatic heterocycles. The Kier molecular flexibility index (Phi) is 3.10.